The molecule has 0 aromatic rings. The SMILES string of the molecule is CC(C)C1=C(C(C)(C)C)NCCC1. The summed E-state index contributed by atoms with van der Waals surface area (Å²) in [5.74, 6) is 0.696. The molecular formula is C12H23N. The van der Waals surface area contributed by atoms with Crippen molar-refractivity contribution in [1.82, 2.24) is 5.32 Å². The normalized spacial score (nSPS) is 19.2. The zero-order chi connectivity index (χ0) is 10.1. The van der Waals surface area contributed by atoms with Crippen molar-refractivity contribution in [2.24, 2.45) is 11.3 Å². The zero-order valence-electron chi connectivity index (χ0n) is 9.70. The molecule has 1 heteroatoms. The molecule has 1 nitrogen and oxygen atoms in total. The Kier molecular flexibility index (Phi) is 3.05. The van der Waals surface area contributed by atoms with Gasteiger partial charge in [-0.25, -0.2) is 0 Å². The fourth-order valence-electron chi connectivity index (χ4n) is 2.05. The van der Waals surface area contributed by atoms with E-state index >= 15 is 0 Å². The van der Waals surface area contributed by atoms with Crippen LogP contribution < -0.4 is 5.32 Å². The van der Waals surface area contributed by atoms with Gasteiger partial charge in [0.05, 0.1) is 0 Å². The predicted octanol–water partition coefficient (Wildman–Crippen LogP) is 3.33. The highest BCUT2D eigenvalue weighted by molar-refractivity contribution is 5.22. The Hall–Kier alpha value is -0.460. The molecule has 1 rings (SSSR count). The number of hydrogen-bond acceptors (Lipinski definition) is 1. The summed E-state index contributed by atoms with van der Waals surface area (Å²) in [7, 11) is 0. The van der Waals surface area contributed by atoms with Gasteiger partial charge in [-0.2, -0.15) is 0 Å². The van der Waals surface area contributed by atoms with Gasteiger partial charge in [0.25, 0.3) is 0 Å². The Morgan fingerprint density at radius 3 is 2.23 bits per heavy atom. The van der Waals surface area contributed by atoms with E-state index in [1.807, 2.05) is 0 Å². The minimum Gasteiger partial charge on any atom is -0.388 e. The average molecular weight is 181 g/mol. The van der Waals surface area contributed by atoms with Crippen LogP contribution in [0.2, 0.25) is 0 Å². The monoisotopic (exact) mass is 181 g/mol. The van der Waals surface area contributed by atoms with Crippen LogP contribution >= 0.6 is 0 Å². The molecule has 0 bridgehead atoms. The van der Waals surface area contributed by atoms with E-state index in [9.17, 15) is 0 Å². The second-order valence-electron chi connectivity index (χ2n) is 5.34. The molecule has 13 heavy (non-hydrogen) atoms. The van der Waals surface area contributed by atoms with Gasteiger partial charge in [-0.1, -0.05) is 34.6 Å². The fourth-order valence-corrected chi connectivity index (χ4v) is 2.05. The fraction of sp³-hybridized carbons (Fsp3) is 0.833. The third kappa shape index (κ3) is 2.49. The highest BCUT2D eigenvalue weighted by atomic mass is 14.9. The minimum atomic E-state index is 0.292. The number of allylic oxidation sites excluding steroid dienone is 2. The van der Waals surface area contributed by atoms with Crippen molar-refractivity contribution in [3.05, 3.63) is 11.3 Å². The van der Waals surface area contributed by atoms with E-state index in [1.54, 1.807) is 5.57 Å². The Morgan fingerprint density at radius 1 is 1.23 bits per heavy atom. The molecule has 0 spiro atoms. The first-order valence-corrected chi connectivity index (χ1v) is 5.40. The van der Waals surface area contributed by atoms with Crippen LogP contribution in [0.25, 0.3) is 0 Å². The molecule has 0 amide bonds. The molecule has 0 atom stereocenters. The molecule has 1 N–H and O–H groups in total. The lowest BCUT2D eigenvalue weighted by molar-refractivity contribution is 0.419. The van der Waals surface area contributed by atoms with Crippen molar-refractivity contribution >= 4 is 0 Å². The summed E-state index contributed by atoms with van der Waals surface area (Å²) in [6.07, 6.45) is 2.59. The summed E-state index contributed by atoms with van der Waals surface area (Å²) in [6, 6.07) is 0. The van der Waals surface area contributed by atoms with Crippen molar-refractivity contribution in [1.29, 1.82) is 0 Å². The number of hydrogen-bond donors (Lipinski definition) is 1. The smallest absolute Gasteiger partial charge is 0.0156 e. The van der Waals surface area contributed by atoms with Crippen molar-refractivity contribution < 1.29 is 0 Å². The van der Waals surface area contributed by atoms with E-state index in [-0.39, 0.29) is 0 Å². The van der Waals surface area contributed by atoms with Crippen LogP contribution in [-0.2, 0) is 0 Å². The van der Waals surface area contributed by atoms with Crippen LogP contribution in [0.1, 0.15) is 47.5 Å². The third-order valence-electron chi connectivity index (χ3n) is 2.69. The predicted molar refractivity (Wildman–Crippen MR) is 58.6 cm³/mol. The van der Waals surface area contributed by atoms with Gasteiger partial charge in [0.1, 0.15) is 0 Å². The lowest BCUT2D eigenvalue weighted by Crippen LogP contribution is -2.31. The number of rotatable bonds is 1. The Bertz CT molecular complexity index is 206. The highest BCUT2D eigenvalue weighted by Gasteiger charge is 2.24. The molecule has 0 aromatic carbocycles. The maximum atomic E-state index is 3.57. The van der Waals surface area contributed by atoms with Crippen molar-refractivity contribution in [3.63, 3.8) is 0 Å². The average Bonchev–Trinajstić information content (AvgIpc) is 2.03. The van der Waals surface area contributed by atoms with Gasteiger partial charge in [0.2, 0.25) is 0 Å². The lowest BCUT2D eigenvalue weighted by atomic mass is 9.82. The Morgan fingerprint density at radius 2 is 1.85 bits per heavy atom. The lowest BCUT2D eigenvalue weighted by Gasteiger charge is -2.33. The summed E-state index contributed by atoms with van der Waals surface area (Å²) in [5.41, 5.74) is 3.42. The Labute approximate surface area is 82.6 Å². The van der Waals surface area contributed by atoms with Gasteiger partial charge >= 0.3 is 0 Å². The van der Waals surface area contributed by atoms with Crippen LogP contribution in [0.3, 0.4) is 0 Å². The third-order valence-corrected chi connectivity index (χ3v) is 2.69. The van der Waals surface area contributed by atoms with Crippen molar-refractivity contribution in [2.75, 3.05) is 6.54 Å². The van der Waals surface area contributed by atoms with Crippen LogP contribution in [0.15, 0.2) is 11.3 Å². The first-order valence-electron chi connectivity index (χ1n) is 5.40. The summed E-state index contributed by atoms with van der Waals surface area (Å²) in [4.78, 5) is 0. The molecule has 0 aromatic heterocycles. The van der Waals surface area contributed by atoms with Gasteiger partial charge in [0, 0.05) is 17.7 Å². The molecule has 0 saturated heterocycles. The summed E-state index contributed by atoms with van der Waals surface area (Å²) < 4.78 is 0. The van der Waals surface area contributed by atoms with E-state index in [4.69, 9.17) is 0 Å². The maximum Gasteiger partial charge on any atom is 0.0156 e. The van der Waals surface area contributed by atoms with Gasteiger partial charge in [0.15, 0.2) is 0 Å². The van der Waals surface area contributed by atoms with Crippen LogP contribution in [0.5, 0.6) is 0 Å². The molecule has 0 saturated carbocycles. The van der Waals surface area contributed by atoms with E-state index in [1.165, 1.54) is 18.5 Å². The first kappa shape index (κ1) is 10.6. The molecule has 0 unspecified atom stereocenters. The van der Waals surface area contributed by atoms with Crippen LogP contribution in [-0.4, -0.2) is 6.54 Å². The second kappa shape index (κ2) is 3.73. The van der Waals surface area contributed by atoms with Crippen molar-refractivity contribution in [3.8, 4) is 0 Å². The number of nitrogens with one attached hydrogen (secondary N) is 1. The topological polar surface area (TPSA) is 12.0 Å². The second-order valence-corrected chi connectivity index (χ2v) is 5.34. The van der Waals surface area contributed by atoms with E-state index in [2.05, 4.69) is 39.9 Å². The summed E-state index contributed by atoms with van der Waals surface area (Å²) in [5, 5.41) is 3.57. The molecular weight excluding hydrogens is 158 g/mol. The quantitative estimate of drug-likeness (QED) is 0.654. The molecule has 1 heterocycles. The van der Waals surface area contributed by atoms with Gasteiger partial charge < -0.3 is 5.32 Å². The molecule has 0 aliphatic carbocycles. The largest absolute Gasteiger partial charge is 0.388 e. The molecule has 76 valence electrons. The standard InChI is InChI=1S/C12H23N/c1-9(2)10-7-6-8-13-11(10)12(3,4)5/h9,13H,6-8H2,1-5H3. The minimum absolute atomic E-state index is 0.292. The highest BCUT2D eigenvalue weighted by Crippen LogP contribution is 2.33. The maximum absolute atomic E-state index is 3.57. The van der Waals surface area contributed by atoms with E-state index in [0.717, 1.165) is 6.54 Å². The molecule has 1 aliphatic rings. The van der Waals surface area contributed by atoms with E-state index in [0.29, 0.717) is 11.3 Å². The molecule has 0 fully saturated rings. The zero-order valence-corrected chi connectivity index (χ0v) is 9.70. The first-order chi connectivity index (χ1) is 5.93. The summed E-state index contributed by atoms with van der Waals surface area (Å²) >= 11 is 0. The van der Waals surface area contributed by atoms with Gasteiger partial charge in [-0.15, -0.1) is 0 Å². The van der Waals surface area contributed by atoms with Crippen molar-refractivity contribution in [2.45, 2.75) is 47.5 Å². The van der Waals surface area contributed by atoms with Gasteiger partial charge in [-0.3, -0.25) is 0 Å². The Balaban J connectivity index is 2.97. The molecule has 0 radical (unpaired) electrons. The van der Waals surface area contributed by atoms with E-state index < -0.39 is 0 Å². The summed E-state index contributed by atoms with van der Waals surface area (Å²) in [6.45, 7) is 12.6. The van der Waals surface area contributed by atoms with Crippen LogP contribution in [0.4, 0.5) is 0 Å². The molecule has 1 aliphatic heterocycles. The van der Waals surface area contributed by atoms with Crippen LogP contribution in [0, 0.1) is 11.3 Å². The van der Waals surface area contributed by atoms with Gasteiger partial charge in [-0.05, 0) is 24.3 Å².